The first-order chi connectivity index (χ1) is 42.5. The molecule has 5 aromatic heterocycles. The van der Waals surface area contributed by atoms with Crippen molar-refractivity contribution < 1.29 is 31.1 Å². The average molecular weight is 1140 g/mol. The fourth-order valence-corrected chi connectivity index (χ4v) is 11.3. The molecule has 0 aliphatic heterocycles. The fourth-order valence-electron chi connectivity index (χ4n) is 11.3. The van der Waals surface area contributed by atoms with E-state index in [-0.39, 0.29) is 0 Å². The maximum atomic E-state index is 7.65. The second-order valence-corrected chi connectivity index (χ2v) is 23.7. The zero-order valence-corrected chi connectivity index (χ0v) is 55.7. The van der Waals surface area contributed by atoms with Crippen molar-refractivity contribution in [2.75, 3.05) is 0 Å². The van der Waals surface area contributed by atoms with Gasteiger partial charge in [0.05, 0.1) is 11.1 Å². The Labute approximate surface area is 522 Å². The van der Waals surface area contributed by atoms with Crippen molar-refractivity contribution in [3.8, 4) is 56.3 Å². The fraction of sp³-hybridized carbons (Fsp3) is 0.312. The molecule has 0 saturated carbocycles. The highest BCUT2D eigenvalue weighted by Gasteiger charge is 2.22. The van der Waals surface area contributed by atoms with Gasteiger partial charge in [-0.15, -0.1) is 0 Å². The van der Waals surface area contributed by atoms with Crippen molar-refractivity contribution in [3.63, 3.8) is 0 Å². The van der Waals surface area contributed by atoms with Crippen LogP contribution in [0.2, 0.25) is 0 Å². The molecule has 0 bridgehead atoms. The van der Waals surface area contributed by atoms with Gasteiger partial charge in [-0.2, -0.15) is 13.7 Å². The van der Waals surface area contributed by atoms with Crippen LogP contribution in [0.1, 0.15) is 120 Å². The summed E-state index contributed by atoms with van der Waals surface area (Å²) in [6, 6.07) is 48.4. The lowest BCUT2D eigenvalue weighted by Crippen LogP contribution is -2.35. The van der Waals surface area contributed by atoms with Crippen LogP contribution < -0.4 is 22.8 Å². The Morgan fingerprint density at radius 1 is 0.259 bits per heavy atom. The predicted molar refractivity (Wildman–Crippen MR) is 360 cm³/mol. The first-order valence-corrected chi connectivity index (χ1v) is 29.7. The van der Waals surface area contributed by atoms with Crippen LogP contribution in [0.4, 0.5) is 0 Å². The topological polar surface area (TPSA) is 19.4 Å². The van der Waals surface area contributed by atoms with Crippen LogP contribution in [-0.4, -0.2) is 0 Å². The van der Waals surface area contributed by atoms with Crippen molar-refractivity contribution in [1.82, 2.24) is 0 Å². The van der Waals surface area contributed by atoms with E-state index in [0.29, 0.717) is 11.3 Å². The van der Waals surface area contributed by atoms with E-state index < -0.39 is 13.7 Å². The third kappa shape index (κ3) is 15.2. The van der Waals surface area contributed by atoms with Crippen LogP contribution in [0.25, 0.3) is 56.3 Å². The summed E-state index contributed by atoms with van der Waals surface area (Å²) in [5, 5.41) is 0. The predicted octanol–water partition coefficient (Wildman–Crippen LogP) is 17.1. The first kappa shape index (κ1) is 57.3. The Morgan fingerprint density at radius 3 is 0.871 bits per heavy atom. The minimum absolute atomic E-state index is 0.360. The molecule has 5 aromatic carbocycles. The van der Waals surface area contributed by atoms with Gasteiger partial charge in [0, 0.05) is 104 Å². The summed E-state index contributed by atoms with van der Waals surface area (Å²) in [5.74, 6) is 0. The third-order valence-electron chi connectivity index (χ3n) is 17.5. The van der Waals surface area contributed by atoms with Crippen molar-refractivity contribution >= 4 is 0 Å². The molecular weight excluding hydrogens is 1030 g/mol. The number of benzene rings is 5. The van der Waals surface area contributed by atoms with Crippen molar-refractivity contribution in [3.05, 3.63) is 264 Å². The highest BCUT2D eigenvalue weighted by molar-refractivity contribution is 5.69. The van der Waals surface area contributed by atoms with E-state index in [1.54, 1.807) is 16.8 Å². The number of pyridine rings is 5. The zero-order chi connectivity index (χ0) is 67.9. The Morgan fingerprint density at radius 2 is 0.541 bits per heavy atom. The van der Waals surface area contributed by atoms with Crippen LogP contribution in [0.5, 0.6) is 0 Å². The van der Waals surface area contributed by atoms with E-state index in [0.717, 1.165) is 28.1 Å². The van der Waals surface area contributed by atoms with Crippen LogP contribution in [-0.2, 0) is 35.2 Å². The average Bonchev–Trinajstić information content (AvgIpc) is 0.932. The molecule has 0 N–H and O–H groups in total. The molecule has 5 heterocycles. The van der Waals surface area contributed by atoms with Crippen molar-refractivity contribution in [1.29, 1.82) is 0 Å². The van der Waals surface area contributed by atoms with E-state index >= 15 is 0 Å². The molecule has 0 fully saturated rings. The molecule has 10 rings (SSSR count). The van der Waals surface area contributed by atoms with Crippen LogP contribution >= 0.6 is 0 Å². The van der Waals surface area contributed by atoms with Gasteiger partial charge in [-0.3, -0.25) is 0 Å². The Kier molecular flexibility index (Phi) is 19.3. The lowest BCUT2D eigenvalue weighted by Gasteiger charge is -2.10. The van der Waals surface area contributed by atoms with E-state index in [2.05, 4.69) is 255 Å². The molecule has 0 spiro atoms. The minimum Gasteiger partial charge on any atom is -0.201 e. The Bertz CT molecular complexity index is 4150. The molecule has 440 valence electrons. The third-order valence-corrected chi connectivity index (χ3v) is 17.5. The highest BCUT2D eigenvalue weighted by Crippen LogP contribution is 2.30. The smallest absolute Gasteiger partial charge is 0.201 e. The molecule has 0 unspecified atom stereocenters. The number of nitrogens with zero attached hydrogens (tertiary/aromatic N) is 5. The number of aromatic nitrogens is 5. The van der Waals surface area contributed by atoms with Gasteiger partial charge < -0.3 is 0 Å². The lowest BCUT2D eigenvalue weighted by molar-refractivity contribution is -0.667. The normalized spacial score (nSPS) is 12.0. The monoisotopic (exact) mass is 1140 g/mol. The number of rotatable bonds is 5. The van der Waals surface area contributed by atoms with Gasteiger partial charge in [0.2, 0.25) is 28.5 Å². The van der Waals surface area contributed by atoms with Crippen LogP contribution in [0.15, 0.2) is 152 Å². The molecule has 5 nitrogen and oxygen atoms in total. The first-order valence-electron chi connectivity index (χ1n) is 32.7. The summed E-state index contributed by atoms with van der Waals surface area (Å²) < 4.78 is 56.2. The van der Waals surface area contributed by atoms with E-state index in [1.807, 2.05) is 62.8 Å². The van der Waals surface area contributed by atoms with Crippen LogP contribution in [0.3, 0.4) is 0 Å². The summed E-state index contributed by atoms with van der Waals surface area (Å²) in [7, 11) is 10.1. The molecule has 0 atom stereocenters. The van der Waals surface area contributed by atoms with Gasteiger partial charge in [-0.1, -0.05) is 72.8 Å². The number of hydrogen-bond donors (Lipinski definition) is 0. The molecule has 0 amide bonds. The van der Waals surface area contributed by atoms with Gasteiger partial charge in [0.15, 0.2) is 29.5 Å². The van der Waals surface area contributed by atoms with E-state index in [4.69, 9.17) is 8.22 Å². The molecule has 85 heavy (non-hydrogen) atoms. The second-order valence-electron chi connectivity index (χ2n) is 23.7. The van der Waals surface area contributed by atoms with E-state index in [1.165, 1.54) is 129 Å². The van der Waals surface area contributed by atoms with Gasteiger partial charge in [-0.05, 0) is 221 Å². The maximum absolute atomic E-state index is 7.65. The lowest BCUT2D eigenvalue weighted by atomic mass is 9.97. The highest BCUT2D eigenvalue weighted by atomic mass is 15.0. The molecule has 0 aliphatic rings. The standard InChI is InChI=1S/5C16H20N/c2*1-11-7-6-8-12(2)16(11)15-9-13(3)14(4)10-17(15)5;3*1-11-7-6-8-15(14(11)4)16-12(2)9-10-13(3)17(16)5/h5*6-10H,1-5H3/q5*+1/i4D3;;3D3;;. The molecular formula is C80H100N5+5. The molecule has 0 radical (unpaired) electrons. The van der Waals surface area contributed by atoms with Crippen LogP contribution in [0, 0.1) is 138 Å². The Balaban J connectivity index is 0.000000181. The quantitative estimate of drug-likeness (QED) is 0.153. The maximum Gasteiger partial charge on any atom is 0.215 e. The zero-order valence-electron chi connectivity index (χ0n) is 61.7. The second kappa shape index (κ2) is 28.6. The van der Waals surface area contributed by atoms with Crippen molar-refractivity contribution in [2.24, 2.45) is 35.2 Å². The summed E-state index contributed by atoms with van der Waals surface area (Å²) in [6.45, 7) is 34.1. The summed E-state index contributed by atoms with van der Waals surface area (Å²) in [5.41, 5.74) is 35.7. The Hall–Kier alpha value is -8.15. The van der Waals surface area contributed by atoms with Gasteiger partial charge in [0.25, 0.3) is 0 Å². The van der Waals surface area contributed by atoms with Gasteiger partial charge in [-0.25, -0.2) is 9.13 Å². The van der Waals surface area contributed by atoms with Crippen molar-refractivity contribution in [2.45, 2.75) is 138 Å². The minimum atomic E-state index is -2.10. The SMILES string of the molecule is Cc1cc(-c2c(C)cccc2C)[n+](C)cc1C.Cc1cccc(-c2c(C)ccc(C)[n+]2C)c1C.Cc1cccc(-c2c(C)ccc(C)[n+]2C)c1C.[2H]C([2H])([2H])c1c[n+](C)c(-c2c(C)cccc2C)cc1C.[2H]C([2H])([2H])c1ccc(C)c(-c2cccc(C)c2C)[n+]1C. The number of aryl methyl sites for hydroxylation is 19. The summed E-state index contributed by atoms with van der Waals surface area (Å²) in [6.07, 6.45) is 3.93. The largest absolute Gasteiger partial charge is 0.215 e. The molecule has 10 aromatic rings. The summed E-state index contributed by atoms with van der Waals surface area (Å²) in [4.78, 5) is 0. The van der Waals surface area contributed by atoms with E-state index in [9.17, 15) is 0 Å². The molecule has 0 aliphatic carbocycles. The molecule has 0 saturated heterocycles. The summed E-state index contributed by atoms with van der Waals surface area (Å²) >= 11 is 0. The number of hydrogen-bond acceptors (Lipinski definition) is 0. The van der Waals surface area contributed by atoms with Gasteiger partial charge in [0.1, 0.15) is 35.2 Å². The van der Waals surface area contributed by atoms with Gasteiger partial charge >= 0.3 is 0 Å². The molecule has 5 heteroatoms.